The average molecular weight is 350 g/mol. The molecule has 1 amide bonds. The number of amides is 1. The van der Waals surface area contributed by atoms with Gasteiger partial charge in [0.25, 0.3) is 5.91 Å². The van der Waals surface area contributed by atoms with Gasteiger partial charge in [0.1, 0.15) is 12.2 Å². The Morgan fingerprint density at radius 3 is 2.64 bits per heavy atom. The molecule has 0 radical (unpaired) electrons. The highest BCUT2D eigenvalue weighted by Gasteiger charge is 2.48. The minimum absolute atomic E-state index is 0.0987. The lowest BCUT2D eigenvalue weighted by Gasteiger charge is -2.29. The van der Waals surface area contributed by atoms with Crippen LogP contribution in [0.25, 0.3) is 0 Å². The number of aromatic nitrogens is 1. The third kappa shape index (κ3) is 5.41. The smallest absolute Gasteiger partial charge is 0.256 e. The number of carbonyl (C=O) groups excluding carboxylic acids is 1. The molecule has 2 rings (SSSR count). The van der Waals surface area contributed by atoms with E-state index in [4.69, 9.17) is 14.2 Å². The van der Waals surface area contributed by atoms with E-state index in [1.165, 1.54) is 0 Å². The SMILES string of the molecule is CCCOC(C)(C(=O)Nc1ccc(OCCOCC)nc1C)C1CC1. The number of rotatable bonds is 11. The van der Waals surface area contributed by atoms with E-state index in [1.54, 1.807) is 6.07 Å². The van der Waals surface area contributed by atoms with Crippen LogP contribution in [0.1, 0.15) is 45.7 Å². The number of pyridine rings is 1. The summed E-state index contributed by atoms with van der Waals surface area (Å²) in [6, 6.07) is 3.58. The maximum absolute atomic E-state index is 12.8. The molecular formula is C19H30N2O4. The fourth-order valence-corrected chi connectivity index (χ4v) is 2.66. The lowest BCUT2D eigenvalue weighted by molar-refractivity contribution is -0.142. The van der Waals surface area contributed by atoms with E-state index >= 15 is 0 Å². The highest BCUT2D eigenvalue weighted by molar-refractivity contribution is 5.98. The topological polar surface area (TPSA) is 69.7 Å². The van der Waals surface area contributed by atoms with Gasteiger partial charge < -0.3 is 19.5 Å². The van der Waals surface area contributed by atoms with Gasteiger partial charge in [-0.2, -0.15) is 0 Å². The molecule has 1 atom stereocenters. The van der Waals surface area contributed by atoms with E-state index < -0.39 is 5.60 Å². The fourth-order valence-electron chi connectivity index (χ4n) is 2.66. The molecule has 0 bridgehead atoms. The summed E-state index contributed by atoms with van der Waals surface area (Å²) in [7, 11) is 0. The molecule has 6 heteroatoms. The molecule has 1 fully saturated rings. The monoisotopic (exact) mass is 350 g/mol. The summed E-state index contributed by atoms with van der Waals surface area (Å²) in [5, 5.41) is 2.98. The molecule has 0 saturated heterocycles. The van der Waals surface area contributed by atoms with E-state index in [-0.39, 0.29) is 5.91 Å². The van der Waals surface area contributed by atoms with Crippen LogP contribution >= 0.6 is 0 Å². The lowest BCUT2D eigenvalue weighted by atomic mass is 9.98. The quantitative estimate of drug-likeness (QED) is 0.620. The molecule has 1 aliphatic rings. The predicted octanol–water partition coefficient (Wildman–Crippen LogP) is 3.34. The molecule has 0 spiro atoms. The van der Waals surface area contributed by atoms with Gasteiger partial charge in [-0.1, -0.05) is 6.92 Å². The molecule has 1 saturated carbocycles. The van der Waals surface area contributed by atoms with Crippen molar-refractivity contribution in [1.82, 2.24) is 4.98 Å². The van der Waals surface area contributed by atoms with Crippen LogP contribution in [0.4, 0.5) is 5.69 Å². The van der Waals surface area contributed by atoms with Gasteiger partial charge in [0, 0.05) is 19.3 Å². The Balaban J connectivity index is 1.97. The van der Waals surface area contributed by atoms with E-state index in [0.717, 1.165) is 25.0 Å². The van der Waals surface area contributed by atoms with E-state index in [9.17, 15) is 4.79 Å². The molecule has 1 heterocycles. The minimum atomic E-state index is -0.769. The molecule has 1 aromatic heterocycles. The van der Waals surface area contributed by atoms with Crippen LogP contribution in [0, 0.1) is 12.8 Å². The van der Waals surface area contributed by atoms with Gasteiger partial charge in [0.15, 0.2) is 0 Å². The number of nitrogens with one attached hydrogen (secondary N) is 1. The minimum Gasteiger partial charge on any atom is -0.475 e. The first-order valence-corrected chi connectivity index (χ1v) is 9.14. The summed E-state index contributed by atoms with van der Waals surface area (Å²) >= 11 is 0. The molecule has 6 nitrogen and oxygen atoms in total. The van der Waals surface area contributed by atoms with Crippen molar-refractivity contribution in [3.05, 3.63) is 17.8 Å². The number of nitrogens with zero attached hydrogens (tertiary/aromatic N) is 1. The van der Waals surface area contributed by atoms with Crippen molar-refractivity contribution in [2.75, 3.05) is 31.7 Å². The van der Waals surface area contributed by atoms with Crippen molar-refractivity contribution < 1.29 is 19.0 Å². The Labute approximate surface area is 150 Å². The number of aryl methyl sites for hydroxylation is 1. The van der Waals surface area contributed by atoms with Crippen LogP contribution in [0.15, 0.2) is 12.1 Å². The first-order chi connectivity index (χ1) is 12.0. The van der Waals surface area contributed by atoms with Gasteiger partial charge >= 0.3 is 0 Å². The molecule has 25 heavy (non-hydrogen) atoms. The largest absolute Gasteiger partial charge is 0.475 e. The highest BCUT2D eigenvalue weighted by Crippen LogP contribution is 2.42. The second-order valence-corrected chi connectivity index (χ2v) is 6.51. The number of hydrogen-bond donors (Lipinski definition) is 1. The van der Waals surface area contributed by atoms with Crippen molar-refractivity contribution >= 4 is 11.6 Å². The zero-order valence-electron chi connectivity index (χ0n) is 15.8. The van der Waals surface area contributed by atoms with Crippen LogP contribution in [-0.4, -0.2) is 42.9 Å². The zero-order valence-corrected chi connectivity index (χ0v) is 15.8. The lowest BCUT2D eigenvalue weighted by Crippen LogP contribution is -2.45. The highest BCUT2D eigenvalue weighted by atomic mass is 16.5. The van der Waals surface area contributed by atoms with E-state index in [0.29, 0.717) is 43.9 Å². The molecule has 140 valence electrons. The second-order valence-electron chi connectivity index (χ2n) is 6.51. The van der Waals surface area contributed by atoms with Crippen LogP contribution in [0.5, 0.6) is 5.88 Å². The van der Waals surface area contributed by atoms with Gasteiger partial charge in [0.05, 0.1) is 18.0 Å². The second kappa shape index (κ2) is 9.15. The van der Waals surface area contributed by atoms with Gasteiger partial charge in [0.2, 0.25) is 5.88 Å². The number of hydrogen-bond acceptors (Lipinski definition) is 5. The molecule has 1 aliphatic carbocycles. The number of anilines is 1. The Morgan fingerprint density at radius 1 is 1.28 bits per heavy atom. The Kier molecular flexibility index (Phi) is 7.20. The standard InChI is InChI=1S/C19H30N2O4/c1-5-11-25-19(4,15-7-8-15)18(22)21-16-9-10-17(20-14(16)3)24-13-12-23-6-2/h9-10,15H,5-8,11-13H2,1-4H3,(H,21,22). The van der Waals surface area contributed by atoms with Gasteiger partial charge in [-0.05, 0) is 52.0 Å². The summed E-state index contributed by atoms with van der Waals surface area (Å²) < 4.78 is 16.7. The number of ether oxygens (including phenoxy) is 3. The third-order valence-corrected chi connectivity index (χ3v) is 4.40. The van der Waals surface area contributed by atoms with Crippen molar-refractivity contribution in [3.63, 3.8) is 0 Å². The van der Waals surface area contributed by atoms with Crippen LogP contribution in [0.2, 0.25) is 0 Å². The van der Waals surface area contributed by atoms with Crippen molar-refractivity contribution in [2.45, 2.75) is 52.6 Å². The van der Waals surface area contributed by atoms with E-state index in [1.807, 2.05) is 33.8 Å². The summed E-state index contributed by atoms with van der Waals surface area (Å²) in [4.78, 5) is 17.2. The molecule has 0 aromatic carbocycles. The maximum atomic E-state index is 12.8. The summed E-state index contributed by atoms with van der Waals surface area (Å²) in [5.41, 5.74) is 0.639. The van der Waals surface area contributed by atoms with Crippen molar-refractivity contribution in [2.24, 2.45) is 5.92 Å². The zero-order chi connectivity index (χ0) is 18.3. The maximum Gasteiger partial charge on any atom is 0.256 e. The van der Waals surface area contributed by atoms with Crippen LogP contribution in [-0.2, 0) is 14.3 Å². The Hall–Kier alpha value is -1.66. The average Bonchev–Trinajstić information content (AvgIpc) is 3.44. The van der Waals surface area contributed by atoms with E-state index in [2.05, 4.69) is 10.3 Å². The molecule has 1 unspecified atom stereocenters. The Bertz CT molecular complexity index is 575. The van der Waals surface area contributed by atoms with Gasteiger partial charge in [-0.15, -0.1) is 0 Å². The van der Waals surface area contributed by atoms with Crippen molar-refractivity contribution in [3.8, 4) is 5.88 Å². The van der Waals surface area contributed by atoms with Gasteiger partial charge in [-0.25, -0.2) is 4.98 Å². The van der Waals surface area contributed by atoms with Crippen molar-refractivity contribution in [1.29, 1.82) is 0 Å². The molecule has 1 aromatic rings. The summed E-state index contributed by atoms with van der Waals surface area (Å²) in [5.74, 6) is 0.731. The summed E-state index contributed by atoms with van der Waals surface area (Å²) in [6.45, 7) is 9.98. The van der Waals surface area contributed by atoms with Gasteiger partial charge in [-0.3, -0.25) is 4.79 Å². The molecule has 1 N–H and O–H groups in total. The summed E-state index contributed by atoms with van der Waals surface area (Å²) in [6.07, 6.45) is 2.97. The molecule has 0 aliphatic heterocycles. The Morgan fingerprint density at radius 2 is 2.04 bits per heavy atom. The normalized spacial score (nSPS) is 16.3. The molecular weight excluding hydrogens is 320 g/mol. The fraction of sp³-hybridized carbons (Fsp3) is 0.684. The predicted molar refractivity (Wildman–Crippen MR) is 97.0 cm³/mol. The van der Waals surface area contributed by atoms with Crippen LogP contribution < -0.4 is 10.1 Å². The third-order valence-electron chi connectivity index (χ3n) is 4.40. The van der Waals surface area contributed by atoms with Crippen LogP contribution in [0.3, 0.4) is 0 Å². The number of carbonyl (C=O) groups is 1. The first kappa shape index (κ1) is 19.7. The first-order valence-electron chi connectivity index (χ1n) is 9.14.